The molecule has 0 spiro atoms. The number of pyridine rings is 1. The van der Waals surface area contributed by atoms with Crippen molar-refractivity contribution in [2.75, 3.05) is 20.2 Å². The first-order valence-electron chi connectivity index (χ1n) is 9.54. The molecular formula is C21H22F3N3O3. The lowest BCUT2D eigenvalue weighted by Gasteiger charge is -2.24. The van der Waals surface area contributed by atoms with Crippen molar-refractivity contribution < 1.29 is 27.5 Å². The molecule has 1 heterocycles. The number of methoxy groups -OCH3 is 1. The molecule has 1 atom stereocenters. The lowest BCUT2D eigenvalue weighted by Crippen LogP contribution is -2.34. The van der Waals surface area contributed by atoms with Crippen molar-refractivity contribution in [3.05, 3.63) is 47.7 Å². The minimum Gasteiger partial charge on any atom is -0.453 e. The maximum atomic E-state index is 12.9. The number of hydrogen-bond acceptors (Lipinski definition) is 4. The van der Waals surface area contributed by atoms with Crippen LogP contribution in [-0.2, 0) is 4.74 Å². The first-order valence-corrected chi connectivity index (χ1v) is 9.54. The zero-order valence-electron chi connectivity index (χ0n) is 16.4. The highest BCUT2D eigenvalue weighted by atomic mass is 19.4. The molecule has 1 aliphatic carbocycles. The molecule has 0 radical (unpaired) electrons. The summed E-state index contributed by atoms with van der Waals surface area (Å²) in [5.74, 6) is -1.64. The smallest absolute Gasteiger partial charge is 0.406 e. The summed E-state index contributed by atoms with van der Waals surface area (Å²) in [7, 11) is 1.25. The normalized spacial score (nSPS) is 16.7. The Hall–Kier alpha value is -3.10. The van der Waals surface area contributed by atoms with E-state index in [4.69, 9.17) is 0 Å². The van der Waals surface area contributed by atoms with Gasteiger partial charge in [0.2, 0.25) is 0 Å². The van der Waals surface area contributed by atoms with Crippen LogP contribution >= 0.6 is 0 Å². The van der Waals surface area contributed by atoms with Crippen LogP contribution in [0.2, 0.25) is 0 Å². The van der Waals surface area contributed by atoms with Gasteiger partial charge in [0.1, 0.15) is 0 Å². The highest BCUT2D eigenvalue weighted by Crippen LogP contribution is 2.40. The lowest BCUT2D eigenvalue weighted by molar-refractivity contribution is -0.175. The molecular weight excluding hydrogens is 399 g/mol. The molecule has 0 bridgehead atoms. The highest BCUT2D eigenvalue weighted by Gasteiger charge is 2.39. The first-order chi connectivity index (χ1) is 14.3. The Morgan fingerprint density at radius 2 is 2.00 bits per heavy atom. The van der Waals surface area contributed by atoms with Gasteiger partial charge >= 0.3 is 12.3 Å². The zero-order chi connectivity index (χ0) is 21.7. The van der Waals surface area contributed by atoms with E-state index in [9.17, 15) is 22.8 Å². The van der Waals surface area contributed by atoms with Gasteiger partial charge in [-0.25, -0.2) is 4.79 Å². The highest BCUT2D eigenvalue weighted by molar-refractivity contribution is 5.99. The largest absolute Gasteiger partial charge is 0.453 e. The molecule has 9 heteroatoms. The Labute approximate surface area is 171 Å². The fourth-order valence-electron chi connectivity index (χ4n) is 3.44. The standard InChI is InChI=1S/C21H22F3N3O3/c1-30-20(29)26-10-9-25-19(28)15-11-14-3-2-4-17(18(14)27-12-15)13-5-7-16(8-6-13)21(22,23)24/h2-5,11-12,16H,6-10H2,1H3,(H,25,28)(H,26,29). The third-order valence-corrected chi connectivity index (χ3v) is 5.06. The van der Waals surface area contributed by atoms with Crippen LogP contribution in [0.15, 0.2) is 36.5 Å². The average Bonchev–Trinajstić information content (AvgIpc) is 2.75. The summed E-state index contributed by atoms with van der Waals surface area (Å²) in [5, 5.41) is 5.86. The second kappa shape index (κ2) is 9.15. The second-order valence-corrected chi connectivity index (χ2v) is 7.02. The Morgan fingerprint density at radius 1 is 1.23 bits per heavy atom. The van der Waals surface area contributed by atoms with Crippen molar-refractivity contribution in [1.29, 1.82) is 0 Å². The minimum atomic E-state index is -4.17. The van der Waals surface area contributed by atoms with Crippen LogP contribution < -0.4 is 10.6 Å². The predicted molar refractivity (Wildman–Crippen MR) is 106 cm³/mol. The van der Waals surface area contributed by atoms with Gasteiger partial charge in [0.15, 0.2) is 0 Å². The van der Waals surface area contributed by atoms with E-state index in [1.54, 1.807) is 18.2 Å². The second-order valence-electron chi connectivity index (χ2n) is 7.02. The van der Waals surface area contributed by atoms with Gasteiger partial charge in [-0.2, -0.15) is 13.2 Å². The summed E-state index contributed by atoms with van der Waals surface area (Å²) in [4.78, 5) is 27.7. The number of alkyl halides is 3. The summed E-state index contributed by atoms with van der Waals surface area (Å²) >= 11 is 0. The number of aromatic nitrogens is 1. The molecule has 30 heavy (non-hydrogen) atoms. The van der Waals surface area contributed by atoms with Gasteiger partial charge in [0.25, 0.3) is 5.91 Å². The van der Waals surface area contributed by atoms with E-state index < -0.39 is 18.2 Å². The Bertz CT molecular complexity index is 973. The molecule has 0 aliphatic heterocycles. The molecule has 1 aromatic carbocycles. The molecule has 2 amide bonds. The first kappa shape index (κ1) is 21.6. The maximum Gasteiger partial charge on any atom is 0.406 e. The van der Waals surface area contributed by atoms with Gasteiger partial charge in [0, 0.05) is 30.2 Å². The minimum absolute atomic E-state index is 0.0324. The van der Waals surface area contributed by atoms with Crippen molar-refractivity contribution in [2.24, 2.45) is 5.92 Å². The maximum absolute atomic E-state index is 12.9. The van der Waals surface area contributed by atoms with Gasteiger partial charge in [-0.05, 0) is 30.9 Å². The zero-order valence-corrected chi connectivity index (χ0v) is 16.4. The summed E-state index contributed by atoms with van der Waals surface area (Å²) < 4.78 is 43.2. The van der Waals surface area contributed by atoms with Gasteiger partial charge in [0.05, 0.1) is 24.1 Å². The number of amides is 2. The number of nitrogens with zero attached hydrogens (tertiary/aromatic N) is 1. The quantitative estimate of drug-likeness (QED) is 0.714. The number of ether oxygens (including phenoxy) is 1. The Morgan fingerprint density at radius 3 is 2.67 bits per heavy atom. The van der Waals surface area contributed by atoms with Gasteiger partial charge in [-0.3, -0.25) is 9.78 Å². The van der Waals surface area contributed by atoms with Crippen LogP contribution in [0.3, 0.4) is 0 Å². The molecule has 2 N–H and O–H groups in total. The van der Waals surface area contributed by atoms with E-state index in [2.05, 4.69) is 20.4 Å². The predicted octanol–water partition coefficient (Wildman–Crippen LogP) is 4.07. The van der Waals surface area contributed by atoms with Crippen molar-refractivity contribution in [1.82, 2.24) is 15.6 Å². The molecule has 2 aromatic rings. The third kappa shape index (κ3) is 5.08. The number of fused-ring (bicyclic) bond motifs is 1. The number of rotatable bonds is 5. The SMILES string of the molecule is COC(=O)NCCNC(=O)c1cnc2c(C3=CCC(C(F)(F)F)CC3)cccc2c1. The van der Waals surface area contributed by atoms with E-state index in [1.165, 1.54) is 13.3 Å². The number of nitrogens with one attached hydrogen (secondary N) is 2. The van der Waals surface area contributed by atoms with Crippen molar-refractivity contribution >= 4 is 28.5 Å². The van der Waals surface area contributed by atoms with E-state index >= 15 is 0 Å². The molecule has 1 aliphatic rings. The number of halogens is 3. The molecule has 1 unspecified atom stereocenters. The van der Waals surface area contributed by atoms with Crippen molar-refractivity contribution in [2.45, 2.75) is 25.4 Å². The van der Waals surface area contributed by atoms with Crippen LogP contribution in [0.5, 0.6) is 0 Å². The van der Waals surface area contributed by atoms with E-state index in [0.717, 1.165) is 16.5 Å². The Kier molecular flexibility index (Phi) is 6.59. The fraction of sp³-hybridized carbons (Fsp3) is 0.381. The van der Waals surface area contributed by atoms with Crippen LogP contribution in [0.25, 0.3) is 16.5 Å². The van der Waals surface area contributed by atoms with Crippen molar-refractivity contribution in [3.8, 4) is 0 Å². The van der Waals surface area contributed by atoms with Gasteiger partial charge in [-0.15, -0.1) is 0 Å². The summed E-state index contributed by atoms with van der Waals surface area (Å²) in [6, 6.07) is 7.14. The average molecular weight is 421 g/mol. The number of benzene rings is 1. The monoisotopic (exact) mass is 421 g/mol. The molecule has 0 saturated heterocycles. The summed E-state index contributed by atoms with van der Waals surface area (Å²) in [6.45, 7) is 0.440. The number of carbonyl (C=O) groups excluding carboxylic acids is 2. The number of carbonyl (C=O) groups is 2. The van der Waals surface area contributed by atoms with Crippen LogP contribution in [0.1, 0.15) is 35.2 Å². The van der Waals surface area contributed by atoms with Crippen LogP contribution in [0.4, 0.5) is 18.0 Å². The Balaban J connectivity index is 1.72. The number of hydrogen-bond donors (Lipinski definition) is 2. The van der Waals surface area contributed by atoms with Gasteiger partial charge < -0.3 is 15.4 Å². The molecule has 6 nitrogen and oxygen atoms in total. The van der Waals surface area contributed by atoms with E-state index in [0.29, 0.717) is 17.5 Å². The van der Waals surface area contributed by atoms with Crippen LogP contribution in [-0.4, -0.2) is 43.4 Å². The number of para-hydroxylation sites is 1. The molecule has 0 fully saturated rings. The molecule has 3 rings (SSSR count). The van der Waals surface area contributed by atoms with E-state index in [1.807, 2.05) is 12.1 Å². The van der Waals surface area contributed by atoms with Gasteiger partial charge in [-0.1, -0.05) is 24.3 Å². The lowest BCUT2D eigenvalue weighted by atomic mass is 9.85. The topological polar surface area (TPSA) is 80.3 Å². The summed E-state index contributed by atoms with van der Waals surface area (Å²) in [6.07, 6.45) is -1.30. The van der Waals surface area contributed by atoms with E-state index in [-0.39, 0.29) is 31.8 Å². The molecule has 0 saturated carbocycles. The van der Waals surface area contributed by atoms with Crippen LogP contribution in [0, 0.1) is 5.92 Å². The summed E-state index contributed by atoms with van der Waals surface area (Å²) in [5.41, 5.74) is 2.65. The number of allylic oxidation sites excluding steroid dienone is 2. The van der Waals surface area contributed by atoms with Crippen molar-refractivity contribution in [3.63, 3.8) is 0 Å². The fourth-order valence-corrected chi connectivity index (χ4v) is 3.44. The molecule has 160 valence electrons. The number of alkyl carbamates (subject to hydrolysis) is 1. The third-order valence-electron chi connectivity index (χ3n) is 5.06. The molecule has 1 aromatic heterocycles.